The molecular formula is C35H43F3N8O2S. The first kappa shape index (κ1) is 34.0. The van der Waals surface area contributed by atoms with Gasteiger partial charge in [0, 0.05) is 82.3 Å². The Hall–Kier alpha value is -3.51. The molecule has 7 rings (SSSR count). The molecule has 49 heavy (non-hydrogen) atoms. The van der Waals surface area contributed by atoms with E-state index < -0.39 is 28.2 Å². The average molecular weight is 697 g/mol. The van der Waals surface area contributed by atoms with E-state index in [9.17, 15) is 26.9 Å². The van der Waals surface area contributed by atoms with Crippen molar-refractivity contribution in [3.05, 3.63) is 59.4 Å². The Morgan fingerprint density at radius 2 is 1.65 bits per heavy atom. The van der Waals surface area contributed by atoms with Gasteiger partial charge in [0.25, 0.3) is 0 Å². The molecule has 1 unspecified atom stereocenters. The second kappa shape index (κ2) is 12.7. The second-order valence-electron chi connectivity index (χ2n) is 14.6. The predicted octanol–water partition coefficient (Wildman–Crippen LogP) is 4.06. The van der Waals surface area contributed by atoms with Gasteiger partial charge in [0.05, 0.1) is 24.3 Å². The number of likely N-dealkylation sites (tertiary alicyclic amines) is 1. The minimum absolute atomic E-state index is 0.182. The molecule has 5 heterocycles. The van der Waals surface area contributed by atoms with Crippen LogP contribution in [-0.4, -0.2) is 116 Å². The van der Waals surface area contributed by atoms with E-state index in [0.29, 0.717) is 55.7 Å². The summed E-state index contributed by atoms with van der Waals surface area (Å²) in [4.78, 5) is 17.8. The molecular weight excluding hydrogens is 654 g/mol. The lowest BCUT2D eigenvalue weighted by atomic mass is 9.72. The second-order valence-corrected chi connectivity index (χ2v) is 16.6. The molecule has 0 N–H and O–H groups in total. The molecule has 0 amide bonds. The zero-order valence-electron chi connectivity index (χ0n) is 28.1. The van der Waals surface area contributed by atoms with Crippen LogP contribution in [0.2, 0.25) is 0 Å². The van der Waals surface area contributed by atoms with E-state index in [1.807, 2.05) is 7.05 Å². The summed E-state index contributed by atoms with van der Waals surface area (Å²) in [5, 5.41) is 11.1. The summed E-state index contributed by atoms with van der Waals surface area (Å²) >= 11 is 0. The van der Waals surface area contributed by atoms with Crippen LogP contribution in [0.1, 0.15) is 36.0 Å². The number of piperidine rings is 1. The number of nitriles is 1. The number of hydrogen-bond donors (Lipinski definition) is 0. The zero-order valence-corrected chi connectivity index (χ0v) is 28.9. The van der Waals surface area contributed by atoms with E-state index in [-0.39, 0.29) is 11.0 Å². The molecule has 1 atom stereocenters. The first-order valence-electron chi connectivity index (χ1n) is 17.0. The number of halogens is 3. The maximum absolute atomic E-state index is 13.1. The SMILES string of the molecule is CN1c2ccc(CN3CCC4(CC3)CN(c3ncnc5ccc(CC(F)(F)F)cc35)C4)cc2CC1(C#N)CCN1CCN(S(C)(=O)=O)CC1. The zero-order chi connectivity index (χ0) is 34.6. The smallest absolute Gasteiger partial charge is 0.356 e. The molecule has 4 aliphatic heterocycles. The average Bonchev–Trinajstić information content (AvgIpc) is 3.32. The van der Waals surface area contributed by atoms with E-state index in [1.54, 1.807) is 12.1 Å². The van der Waals surface area contributed by atoms with E-state index in [2.05, 4.69) is 53.8 Å². The third-order valence-corrected chi connectivity index (χ3v) is 12.5. The minimum atomic E-state index is -4.27. The highest BCUT2D eigenvalue weighted by atomic mass is 32.2. The van der Waals surface area contributed by atoms with Gasteiger partial charge in [0.15, 0.2) is 0 Å². The molecule has 0 radical (unpaired) electrons. The largest absolute Gasteiger partial charge is 0.393 e. The van der Waals surface area contributed by atoms with Crippen LogP contribution in [0.15, 0.2) is 42.7 Å². The molecule has 0 aliphatic carbocycles. The van der Waals surface area contributed by atoms with Gasteiger partial charge >= 0.3 is 6.18 Å². The van der Waals surface area contributed by atoms with Crippen LogP contribution in [0.3, 0.4) is 0 Å². The van der Waals surface area contributed by atoms with Gasteiger partial charge in [-0.25, -0.2) is 18.4 Å². The molecule has 2 aromatic carbocycles. The Balaban J connectivity index is 0.930. The first-order valence-corrected chi connectivity index (χ1v) is 18.8. The van der Waals surface area contributed by atoms with Crippen molar-refractivity contribution in [3.8, 4) is 6.07 Å². The number of rotatable bonds is 8. The van der Waals surface area contributed by atoms with Crippen molar-refractivity contribution in [2.75, 3.05) is 82.0 Å². The van der Waals surface area contributed by atoms with Gasteiger partial charge in [-0.2, -0.15) is 22.7 Å². The number of alkyl halides is 3. The highest BCUT2D eigenvalue weighted by molar-refractivity contribution is 7.88. The molecule has 4 aliphatic rings. The van der Waals surface area contributed by atoms with E-state index in [1.165, 1.54) is 34.1 Å². The van der Waals surface area contributed by atoms with Crippen molar-refractivity contribution in [1.29, 1.82) is 5.26 Å². The van der Waals surface area contributed by atoms with Crippen molar-refractivity contribution >= 4 is 32.4 Å². The molecule has 0 bridgehead atoms. The molecule has 3 aromatic rings. The molecule has 3 saturated heterocycles. The van der Waals surface area contributed by atoms with Crippen LogP contribution in [0.4, 0.5) is 24.7 Å². The van der Waals surface area contributed by atoms with E-state index >= 15 is 0 Å². The predicted molar refractivity (Wildman–Crippen MR) is 183 cm³/mol. The summed E-state index contributed by atoms with van der Waals surface area (Å²) in [5.74, 6) is 0.716. The standard InChI is InChI=1S/C35H43F3N8O2S/c1-42-31-6-4-27(17-28(31)20-34(42,22-39)9-12-43-13-15-46(16-14-43)49(2,47)48)21-44-10-7-33(8-11-44)23-45(24-33)32-29-18-26(19-35(36,37)38)3-5-30(29)40-25-41-32/h3-6,17-18,25H,7-16,19-21,23-24H2,1-2H3. The third kappa shape index (κ3) is 6.95. The number of fused-ring (bicyclic) bond motifs is 2. The number of aromatic nitrogens is 2. The Kier molecular flexibility index (Phi) is 8.78. The van der Waals surface area contributed by atoms with E-state index in [4.69, 9.17) is 0 Å². The maximum Gasteiger partial charge on any atom is 0.393 e. The van der Waals surface area contributed by atoms with E-state index in [0.717, 1.165) is 57.8 Å². The van der Waals surface area contributed by atoms with Gasteiger partial charge in [-0.1, -0.05) is 18.2 Å². The van der Waals surface area contributed by atoms with Crippen LogP contribution in [0, 0.1) is 16.7 Å². The van der Waals surface area contributed by atoms with Gasteiger partial charge < -0.3 is 14.7 Å². The monoisotopic (exact) mass is 696 g/mol. The van der Waals surface area contributed by atoms with Gasteiger partial charge in [0.1, 0.15) is 17.7 Å². The van der Waals surface area contributed by atoms with Crippen molar-refractivity contribution < 1.29 is 21.6 Å². The number of hydrogen-bond acceptors (Lipinski definition) is 9. The number of benzene rings is 2. The number of likely N-dealkylation sites (N-methyl/N-ethyl adjacent to an activating group) is 1. The summed E-state index contributed by atoms with van der Waals surface area (Å²) in [6.07, 6.45) is 0.974. The molecule has 0 saturated carbocycles. The van der Waals surface area contributed by atoms with Crippen molar-refractivity contribution in [2.45, 2.75) is 50.4 Å². The summed E-state index contributed by atoms with van der Waals surface area (Å²) in [6, 6.07) is 14.0. The fraction of sp³-hybridized carbons (Fsp3) is 0.571. The Bertz CT molecular complexity index is 1860. The Morgan fingerprint density at radius 1 is 0.939 bits per heavy atom. The van der Waals surface area contributed by atoms with Crippen molar-refractivity contribution in [3.63, 3.8) is 0 Å². The highest BCUT2D eigenvalue weighted by Gasteiger charge is 2.46. The molecule has 14 heteroatoms. The maximum atomic E-state index is 13.1. The molecule has 10 nitrogen and oxygen atoms in total. The summed E-state index contributed by atoms with van der Waals surface area (Å²) in [5.41, 5.74) is 3.97. The lowest BCUT2D eigenvalue weighted by molar-refractivity contribution is -0.127. The third-order valence-electron chi connectivity index (χ3n) is 11.2. The molecule has 1 aromatic heterocycles. The number of nitrogens with zero attached hydrogens (tertiary/aromatic N) is 8. The number of sulfonamides is 1. The Labute approximate surface area is 286 Å². The van der Waals surface area contributed by atoms with Gasteiger partial charge in [-0.05, 0) is 67.2 Å². The van der Waals surface area contributed by atoms with Gasteiger partial charge in [-0.3, -0.25) is 4.90 Å². The van der Waals surface area contributed by atoms with Gasteiger partial charge in [-0.15, -0.1) is 0 Å². The van der Waals surface area contributed by atoms with Crippen LogP contribution < -0.4 is 9.80 Å². The lowest BCUT2D eigenvalue weighted by Crippen LogP contribution is -2.60. The van der Waals surface area contributed by atoms with Crippen molar-refractivity contribution in [1.82, 2.24) is 24.1 Å². The van der Waals surface area contributed by atoms with Gasteiger partial charge in [0.2, 0.25) is 10.0 Å². The number of piperazine rings is 1. The quantitative estimate of drug-likeness (QED) is 0.346. The van der Waals surface area contributed by atoms with Crippen LogP contribution in [0.25, 0.3) is 10.9 Å². The number of anilines is 2. The summed E-state index contributed by atoms with van der Waals surface area (Å²) in [6.45, 7) is 7.54. The lowest BCUT2D eigenvalue weighted by Gasteiger charge is -2.54. The fourth-order valence-electron chi connectivity index (χ4n) is 8.28. The van der Waals surface area contributed by atoms with Crippen LogP contribution in [-0.2, 0) is 29.4 Å². The highest BCUT2D eigenvalue weighted by Crippen LogP contribution is 2.44. The molecule has 3 fully saturated rings. The normalized spacial score (nSPS) is 23.5. The topological polar surface area (TPSA) is 99.9 Å². The summed E-state index contributed by atoms with van der Waals surface area (Å²) in [7, 11) is -1.17. The van der Waals surface area contributed by atoms with Crippen LogP contribution in [0.5, 0.6) is 0 Å². The summed E-state index contributed by atoms with van der Waals surface area (Å²) < 4.78 is 64.4. The first-order chi connectivity index (χ1) is 23.2. The molecule has 1 spiro atoms. The Morgan fingerprint density at radius 3 is 2.33 bits per heavy atom. The molecule has 262 valence electrons. The van der Waals surface area contributed by atoms with Crippen molar-refractivity contribution in [2.24, 2.45) is 5.41 Å². The minimum Gasteiger partial charge on any atom is -0.356 e. The van der Waals surface area contributed by atoms with Crippen LogP contribution >= 0.6 is 0 Å². The fourth-order valence-corrected chi connectivity index (χ4v) is 9.11.